The van der Waals surface area contributed by atoms with Crippen molar-refractivity contribution in [3.05, 3.63) is 34.3 Å². The highest BCUT2D eigenvalue weighted by Gasteiger charge is 2.23. The summed E-state index contributed by atoms with van der Waals surface area (Å²) in [6.45, 7) is 6.53. The molecule has 0 N–H and O–H groups in total. The summed E-state index contributed by atoms with van der Waals surface area (Å²) >= 11 is 3.41. The number of nitrogens with zero attached hydrogens (tertiary/aromatic N) is 1. The van der Waals surface area contributed by atoms with Crippen LogP contribution >= 0.6 is 15.9 Å². The highest BCUT2D eigenvalue weighted by atomic mass is 79.9. The van der Waals surface area contributed by atoms with Gasteiger partial charge in [0.05, 0.1) is 0 Å². The number of hydrogen-bond acceptors (Lipinski definition) is 2. The minimum Gasteiger partial charge on any atom is -0.300 e. The van der Waals surface area contributed by atoms with Crippen molar-refractivity contribution in [2.45, 2.75) is 52.0 Å². The van der Waals surface area contributed by atoms with Crippen LogP contribution in [-0.4, -0.2) is 29.8 Å². The Morgan fingerprint density at radius 1 is 1.24 bits per heavy atom. The van der Waals surface area contributed by atoms with Crippen LogP contribution < -0.4 is 0 Å². The molecule has 1 aromatic carbocycles. The van der Waals surface area contributed by atoms with Gasteiger partial charge in [-0.1, -0.05) is 54.8 Å². The molecule has 0 aromatic heterocycles. The van der Waals surface area contributed by atoms with Gasteiger partial charge in [0, 0.05) is 35.6 Å². The van der Waals surface area contributed by atoms with Crippen molar-refractivity contribution in [3.8, 4) is 0 Å². The maximum absolute atomic E-state index is 12.3. The van der Waals surface area contributed by atoms with Gasteiger partial charge < -0.3 is 0 Å². The number of carbonyl (C=O) groups is 1. The summed E-state index contributed by atoms with van der Waals surface area (Å²) in [4.78, 5) is 14.9. The topological polar surface area (TPSA) is 20.3 Å². The molecule has 3 heteroatoms. The first kappa shape index (κ1) is 16.7. The van der Waals surface area contributed by atoms with Gasteiger partial charge in [0.2, 0.25) is 0 Å². The van der Waals surface area contributed by atoms with E-state index in [0.717, 1.165) is 23.1 Å². The lowest BCUT2D eigenvalue weighted by atomic mass is 10.1. The summed E-state index contributed by atoms with van der Waals surface area (Å²) in [5.41, 5.74) is 0.828. The van der Waals surface area contributed by atoms with Gasteiger partial charge in [0.1, 0.15) is 0 Å². The highest BCUT2D eigenvalue weighted by molar-refractivity contribution is 9.10. The molecule has 0 unspecified atom stereocenters. The van der Waals surface area contributed by atoms with Crippen LogP contribution in [-0.2, 0) is 0 Å². The number of hydrogen-bond donors (Lipinski definition) is 0. The normalized spacial score (nSPS) is 16.0. The van der Waals surface area contributed by atoms with E-state index < -0.39 is 0 Å². The molecule has 116 valence electrons. The second kappa shape index (κ2) is 8.09. The van der Waals surface area contributed by atoms with E-state index in [1.54, 1.807) is 0 Å². The second-order valence-electron chi connectivity index (χ2n) is 6.51. The molecule has 0 bridgehead atoms. The second-order valence-corrected chi connectivity index (χ2v) is 7.42. The predicted octanol–water partition coefficient (Wildman–Crippen LogP) is 4.92. The quantitative estimate of drug-likeness (QED) is 0.649. The average molecular weight is 352 g/mol. The molecule has 21 heavy (non-hydrogen) atoms. The Hall–Kier alpha value is -0.670. The van der Waals surface area contributed by atoms with Crippen LogP contribution in [0.5, 0.6) is 0 Å². The summed E-state index contributed by atoms with van der Waals surface area (Å²) in [6.07, 6.45) is 5.93. The van der Waals surface area contributed by atoms with Gasteiger partial charge in [-0.3, -0.25) is 9.69 Å². The maximum atomic E-state index is 12.3. The van der Waals surface area contributed by atoms with E-state index in [4.69, 9.17) is 0 Å². The Kier molecular flexibility index (Phi) is 6.43. The number of Topliss-reactive ketones (excluding diaryl/α,β-unsaturated/α-hetero) is 1. The van der Waals surface area contributed by atoms with E-state index in [1.165, 1.54) is 25.7 Å². The Balaban J connectivity index is 1.90. The average Bonchev–Trinajstić information content (AvgIpc) is 2.97. The van der Waals surface area contributed by atoms with Gasteiger partial charge in [-0.2, -0.15) is 0 Å². The first-order valence-electron chi connectivity index (χ1n) is 8.09. The van der Waals surface area contributed by atoms with Gasteiger partial charge in [-0.25, -0.2) is 0 Å². The molecular weight excluding hydrogens is 326 g/mol. The molecule has 2 nitrogen and oxygen atoms in total. The third-order valence-corrected chi connectivity index (χ3v) is 4.76. The minimum absolute atomic E-state index is 0.259. The van der Waals surface area contributed by atoms with E-state index in [1.807, 2.05) is 24.3 Å². The van der Waals surface area contributed by atoms with E-state index in [9.17, 15) is 4.79 Å². The van der Waals surface area contributed by atoms with Crippen molar-refractivity contribution in [3.63, 3.8) is 0 Å². The molecule has 0 amide bonds. The van der Waals surface area contributed by atoms with Gasteiger partial charge >= 0.3 is 0 Å². The van der Waals surface area contributed by atoms with Gasteiger partial charge in [0.25, 0.3) is 0 Å². The SMILES string of the molecule is CC(C)CN(CCC(=O)c1ccc(Br)cc1)C1CCCC1. The number of rotatable bonds is 7. The van der Waals surface area contributed by atoms with Crippen LogP contribution in [0.15, 0.2) is 28.7 Å². The van der Waals surface area contributed by atoms with E-state index in [-0.39, 0.29) is 5.78 Å². The lowest BCUT2D eigenvalue weighted by Gasteiger charge is -2.30. The van der Waals surface area contributed by atoms with Crippen LogP contribution in [0, 0.1) is 5.92 Å². The third-order valence-electron chi connectivity index (χ3n) is 4.23. The Bertz CT molecular complexity index is 449. The number of carbonyl (C=O) groups excluding carboxylic acids is 1. The molecule has 0 radical (unpaired) electrons. The fourth-order valence-corrected chi connectivity index (χ4v) is 3.45. The number of halogens is 1. The zero-order valence-corrected chi connectivity index (χ0v) is 14.7. The monoisotopic (exact) mass is 351 g/mol. The summed E-state index contributed by atoms with van der Waals surface area (Å²) in [5.74, 6) is 0.919. The van der Waals surface area contributed by atoms with E-state index in [0.29, 0.717) is 18.4 Å². The number of ketones is 1. The zero-order chi connectivity index (χ0) is 15.2. The summed E-state index contributed by atoms with van der Waals surface area (Å²) in [6, 6.07) is 8.40. The summed E-state index contributed by atoms with van der Waals surface area (Å²) < 4.78 is 1.02. The molecule has 0 atom stereocenters. The van der Waals surface area contributed by atoms with Crippen molar-refractivity contribution in [2.24, 2.45) is 5.92 Å². The first-order chi connectivity index (χ1) is 10.1. The van der Waals surface area contributed by atoms with Crippen LogP contribution in [0.2, 0.25) is 0 Å². The predicted molar refractivity (Wildman–Crippen MR) is 91.8 cm³/mol. The van der Waals surface area contributed by atoms with Crippen LogP contribution in [0.25, 0.3) is 0 Å². The van der Waals surface area contributed by atoms with Crippen molar-refractivity contribution < 1.29 is 4.79 Å². The summed E-state index contributed by atoms with van der Waals surface area (Å²) in [5, 5.41) is 0. The van der Waals surface area contributed by atoms with Crippen molar-refractivity contribution in [1.29, 1.82) is 0 Å². The molecule has 0 heterocycles. The van der Waals surface area contributed by atoms with Gasteiger partial charge in [-0.05, 0) is 30.9 Å². The molecule has 1 aromatic rings. The molecule has 1 saturated carbocycles. The Labute approximate surface area is 137 Å². The molecule has 0 aliphatic heterocycles. The van der Waals surface area contributed by atoms with E-state index in [2.05, 4.69) is 34.7 Å². The molecule has 2 rings (SSSR count). The Morgan fingerprint density at radius 2 is 1.86 bits per heavy atom. The maximum Gasteiger partial charge on any atom is 0.164 e. The van der Waals surface area contributed by atoms with Gasteiger partial charge in [-0.15, -0.1) is 0 Å². The van der Waals surface area contributed by atoms with Crippen LogP contribution in [0.4, 0.5) is 0 Å². The Morgan fingerprint density at radius 3 is 2.43 bits per heavy atom. The number of benzene rings is 1. The standard InChI is InChI=1S/C18H26BrNO/c1-14(2)13-20(17-5-3-4-6-17)12-11-18(21)15-7-9-16(19)10-8-15/h7-10,14,17H,3-6,11-13H2,1-2H3. The molecular formula is C18H26BrNO. The van der Waals surface area contributed by atoms with Crippen LogP contribution in [0.1, 0.15) is 56.3 Å². The molecule has 0 saturated heterocycles. The first-order valence-corrected chi connectivity index (χ1v) is 8.88. The fourth-order valence-electron chi connectivity index (χ4n) is 3.19. The molecule has 1 fully saturated rings. The smallest absolute Gasteiger partial charge is 0.164 e. The fraction of sp³-hybridized carbons (Fsp3) is 0.611. The molecule has 0 spiro atoms. The van der Waals surface area contributed by atoms with Crippen molar-refractivity contribution >= 4 is 21.7 Å². The minimum atomic E-state index is 0.259. The van der Waals surface area contributed by atoms with E-state index >= 15 is 0 Å². The lowest BCUT2D eigenvalue weighted by molar-refractivity contribution is 0.0942. The lowest BCUT2D eigenvalue weighted by Crippen LogP contribution is -2.37. The largest absolute Gasteiger partial charge is 0.300 e. The van der Waals surface area contributed by atoms with Crippen molar-refractivity contribution in [2.75, 3.05) is 13.1 Å². The summed E-state index contributed by atoms with van der Waals surface area (Å²) in [7, 11) is 0. The molecule has 1 aliphatic carbocycles. The van der Waals surface area contributed by atoms with Gasteiger partial charge in [0.15, 0.2) is 5.78 Å². The highest BCUT2D eigenvalue weighted by Crippen LogP contribution is 2.24. The third kappa shape index (κ3) is 5.23. The van der Waals surface area contributed by atoms with Crippen molar-refractivity contribution in [1.82, 2.24) is 4.90 Å². The molecule has 1 aliphatic rings. The zero-order valence-electron chi connectivity index (χ0n) is 13.1. The van der Waals surface area contributed by atoms with Crippen LogP contribution in [0.3, 0.4) is 0 Å².